The predicted molar refractivity (Wildman–Crippen MR) is 140 cm³/mol. The van der Waals surface area contributed by atoms with Crippen molar-refractivity contribution in [3.8, 4) is 0 Å². The Balaban J connectivity index is 2.05. The number of nitrogens with one attached hydrogen (secondary N) is 1. The summed E-state index contributed by atoms with van der Waals surface area (Å²) in [5.74, 6) is -1.12. The molecule has 0 spiro atoms. The summed E-state index contributed by atoms with van der Waals surface area (Å²) in [5.41, 5.74) is 0.384. The van der Waals surface area contributed by atoms with Crippen LogP contribution in [-0.2, 0) is 26.2 Å². The molecule has 3 rings (SSSR count). The van der Waals surface area contributed by atoms with Gasteiger partial charge in [-0.2, -0.15) is 0 Å². The summed E-state index contributed by atoms with van der Waals surface area (Å²) in [7, 11) is -2.83. The molecule has 1 atom stereocenters. The van der Waals surface area contributed by atoms with Gasteiger partial charge in [0, 0.05) is 30.7 Å². The molecular formula is C25H25ClN4O6S. The van der Waals surface area contributed by atoms with E-state index in [0.717, 1.165) is 16.4 Å². The molecule has 1 unspecified atom stereocenters. The van der Waals surface area contributed by atoms with Gasteiger partial charge in [-0.25, -0.2) is 8.42 Å². The van der Waals surface area contributed by atoms with Gasteiger partial charge in [0.1, 0.15) is 12.6 Å². The normalized spacial score (nSPS) is 11.9. The van der Waals surface area contributed by atoms with Gasteiger partial charge in [0.2, 0.25) is 11.8 Å². The topological polar surface area (TPSA) is 130 Å². The Labute approximate surface area is 219 Å². The number of hydrogen-bond donors (Lipinski definition) is 1. The highest BCUT2D eigenvalue weighted by atomic mass is 35.5. The second-order valence-corrected chi connectivity index (χ2v) is 10.3. The lowest BCUT2D eigenvalue weighted by Gasteiger charge is -2.32. The average molecular weight is 545 g/mol. The molecule has 3 aromatic carbocycles. The van der Waals surface area contributed by atoms with Crippen LogP contribution >= 0.6 is 11.6 Å². The second-order valence-electron chi connectivity index (χ2n) is 8.00. The largest absolute Gasteiger partial charge is 0.357 e. The number of nitro benzene ring substituents is 1. The molecular weight excluding hydrogens is 520 g/mol. The Hall–Kier alpha value is -3.96. The van der Waals surface area contributed by atoms with Crippen LogP contribution in [0.25, 0.3) is 0 Å². The van der Waals surface area contributed by atoms with Crippen LogP contribution in [0.5, 0.6) is 0 Å². The van der Waals surface area contributed by atoms with E-state index in [-0.39, 0.29) is 22.8 Å². The Morgan fingerprint density at radius 3 is 2.16 bits per heavy atom. The van der Waals surface area contributed by atoms with Gasteiger partial charge in [-0.05, 0) is 42.8 Å². The third kappa shape index (κ3) is 6.43. The number of likely N-dealkylation sites (N-methyl/N-ethyl adjacent to an activating group) is 1. The smallest absolute Gasteiger partial charge is 0.269 e. The maximum Gasteiger partial charge on any atom is 0.269 e. The molecule has 194 valence electrons. The van der Waals surface area contributed by atoms with E-state index >= 15 is 0 Å². The highest BCUT2D eigenvalue weighted by Crippen LogP contribution is 2.27. The zero-order valence-electron chi connectivity index (χ0n) is 20.1. The first kappa shape index (κ1) is 27.6. The lowest BCUT2D eigenvalue weighted by Crippen LogP contribution is -2.50. The maximum absolute atomic E-state index is 13.6. The zero-order valence-corrected chi connectivity index (χ0v) is 21.6. The van der Waals surface area contributed by atoms with E-state index in [0.29, 0.717) is 10.6 Å². The van der Waals surface area contributed by atoms with E-state index in [1.54, 1.807) is 42.5 Å². The number of carbonyl (C=O) groups excluding carboxylic acids is 2. The van der Waals surface area contributed by atoms with Crippen molar-refractivity contribution in [2.45, 2.75) is 24.4 Å². The number of anilines is 1. The van der Waals surface area contributed by atoms with Crippen molar-refractivity contribution in [3.63, 3.8) is 0 Å². The first-order valence-electron chi connectivity index (χ1n) is 11.1. The Bertz CT molecular complexity index is 1380. The number of nitro groups is 1. The molecule has 0 fully saturated rings. The van der Waals surface area contributed by atoms with Crippen LogP contribution in [0.2, 0.25) is 5.02 Å². The van der Waals surface area contributed by atoms with Gasteiger partial charge in [0.05, 0.1) is 15.5 Å². The Morgan fingerprint density at radius 2 is 1.59 bits per heavy atom. The number of halogens is 1. The van der Waals surface area contributed by atoms with Crippen LogP contribution in [0.4, 0.5) is 11.4 Å². The van der Waals surface area contributed by atoms with Gasteiger partial charge >= 0.3 is 0 Å². The summed E-state index contributed by atoms with van der Waals surface area (Å²) in [6.07, 6.45) is 0. The van der Waals surface area contributed by atoms with Crippen molar-refractivity contribution in [3.05, 3.63) is 99.6 Å². The number of rotatable bonds is 10. The lowest BCUT2D eigenvalue weighted by molar-refractivity contribution is -0.384. The first-order valence-corrected chi connectivity index (χ1v) is 12.9. The number of benzene rings is 3. The van der Waals surface area contributed by atoms with E-state index in [1.165, 1.54) is 43.1 Å². The zero-order chi connectivity index (χ0) is 27.2. The number of hydrogen-bond acceptors (Lipinski definition) is 6. The van der Waals surface area contributed by atoms with Crippen LogP contribution in [0.3, 0.4) is 0 Å². The monoisotopic (exact) mass is 544 g/mol. The van der Waals surface area contributed by atoms with Crippen molar-refractivity contribution in [1.82, 2.24) is 10.2 Å². The third-order valence-electron chi connectivity index (χ3n) is 5.67. The second kappa shape index (κ2) is 11.8. The quantitative estimate of drug-likeness (QED) is 0.306. The first-order chi connectivity index (χ1) is 17.6. The van der Waals surface area contributed by atoms with E-state index < -0.39 is 39.3 Å². The van der Waals surface area contributed by atoms with Crippen LogP contribution in [0.15, 0.2) is 83.8 Å². The van der Waals surface area contributed by atoms with E-state index in [9.17, 15) is 28.1 Å². The lowest BCUT2D eigenvalue weighted by atomic mass is 10.1. The number of non-ortho nitro benzene ring substituents is 1. The maximum atomic E-state index is 13.6. The molecule has 2 amide bonds. The fourth-order valence-corrected chi connectivity index (χ4v) is 5.22. The molecule has 37 heavy (non-hydrogen) atoms. The van der Waals surface area contributed by atoms with Gasteiger partial charge in [0.25, 0.3) is 15.7 Å². The van der Waals surface area contributed by atoms with Crippen molar-refractivity contribution in [2.24, 2.45) is 0 Å². The summed E-state index contributed by atoms with van der Waals surface area (Å²) >= 11 is 6.29. The molecule has 0 aromatic heterocycles. The number of nitrogens with zero attached hydrogens (tertiary/aromatic N) is 3. The minimum absolute atomic E-state index is 0.0490. The van der Waals surface area contributed by atoms with Gasteiger partial charge in [-0.3, -0.25) is 24.0 Å². The van der Waals surface area contributed by atoms with Gasteiger partial charge < -0.3 is 10.2 Å². The minimum atomic E-state index is -4.26. The molecule has 0 aliphatic carbocycles. The summed E-state index contributed by atoms with van der Waals surface area (Å²) in [5, 5.41) is 14.0. The standard InChI is InChI=1S/C25H25ClN4O6S/c1-18(25(32)27-2)28(16-19-8-6-7-11-23(19)26)24(31)17-29(20-12-14-21(15-13-20)30(33)34)37(35,36)22-9-4-3-5-10-22/h3-15,18H,16-17H2,1-2H3,(H,27,32). The van der Waals surface area contributed by atoms with Gasteiger partial charge in [-0.1, -0.05) is 48.0 Å². The van der Waals surface area contributed by atoms with Crippen molar-refractivity contribution in [1.29, 1.82) is 0 Å². The Kier molecular flexibility index (Phi) is 8.85. The SMILES string of the molecule is CNC(=O)C(C)N(Cc1ccccc1Cl)C(=O)CN(c1ccc([N+](=O)[O-])cc1)S(=O)(=O)c1ccccc1. The van der Waals surface area contributed by atoms with E-state index in [2.05, 4.69) is 5.32 Å². The van der Waals surface area contributed by atoms with Crippen LogP contribution in [-0.4, -0.2) is 49.7 Å². The van der Waals surface area contributed by atoms with Crippen molar-refractivity contribution >= 4 is 44.8 Å². The Morgan fingerprint density at radius 1 is 1.00 bits per heavy atom. The number of sulfonamides is 1. The van der Waals surface area contributed by atoms with Crippen LogP contribution < -0.4 is 9.62 Å². The molecule has 3 aromatic rings. The molecule has 0 saturated carbocycles. The highest BCUT2D eigenvalue weighted by Gasteiger charge is 2.32. The molecule has 0 radical (unpaired) electrons. The van der Waals surface area contributed by atoms with Crippen LogP contribution in [0, 0.1) is 10.1 Å². The molecule has 0 heterocycles. The fraction of sp³-hybridized carbons (Fsp3) is 0.200. The highest BCUT2D eigenvalue weighted by molar-refractivity contribution is 7.92. The fourth-order valence-electron chi connectivity index (χ4n) is 3.59. The number of amides is 2. The molecule has 0 bridgehead atoms. The molecule has 12 heteroatoms. The summed E-state index contributed by atoms with van der Waals surface area (Å²) in [4.78, 5) is 37.8. The predicted octanol–water partition coefficient (Wildman–Crippen LogP) is 3.61. The summed E-state index contributed by atoms with van der Waals surface area (Å²) < 4.78 is 28.1. The third-order valence-corrected chi connectivity index (χ3v) is 7.83. The van der Waals surface area contributed by atoms with Gasteiger partial charge in [-0.15, -0.1) is 0 Å². The van der Waals surface area contributed by atoms with E-state index in [4.69, 9.17) is 11.6 Å². The van der Waals surface area contributed by atoms with Crippen LogP contribution in [0.1, 0.15) is 12.5 Å². The van der Waals surface area contributed by atoms with Gasteiger partial charge in [0.15, 0.2) is 0 Å². The molecule has 0 aliphatic rings. The average Bonchev–Trinajstić information content (AvgIpc) is 2.90. The van der Waals surface area contributed by atoms with E-state index in [1.807, 2.05) is 0 Å². The molecule has 1 N–H and O–H groups in total. The summed E-state index contributed by atoms with van der Waals surface area (Å²) in [6, 6.07) is 18.2. The minimum Gasteiger partial charge on any atom is -0.357 e. The number of carbonyl (C=O) groups is 2. The molecule has 0 saturated heterocycles. The van der Waals surface area contributed by atoms with Crippen molar-refractivity contribution in [2.75, 3.05) is 17.9 Å². The van der Waals surface area contributed by atoms with Crippen molar-refractivity contribution < 1.29 is 22.9 Å². The summed E-state index contributed by atoms with van der Waals surface area (Å²) in [6.45, 7) is 0.808. The molecule has 10 nitrogen and oxygen atoms in total. The molecule has 0 aliphatic heterocycles.